The molecule has 2 N–H and O–H groups in total. The van der Waals surface area contributed by atoms with Gasteiger partial charge in [-0.2, -0.15) is 0 Å². The van der Waals surface area contributed by atoms with Crippen molar-refractivity contribution in [2.45, 2.75) is 25.8 Å². The molecule has 0 spiro atoms. The molecule has 0 aromatic heterocycles. The number of carbonyl (C=O) groups excluding carboxylic acids is 3. The Hall–Kier alpha value is -2.01. The van der Waals surface area contributed by atoms with E-state index in [4.69, 9.17) is 10.5 Å². The zero-order chi connectivity index (χ0) is 13.3. The van der Waals surface area contributed by atoms with Crippen molar-refractivity contribution in [1.29, 1.82) is 0 Å². The van der Waals surface area contributed by atoms with Gasteiger partial charge in [-0.3, -0.25) is 9.59 Å². The molecule has 0 aliphatic heterocycles. The molecule has 2 rings (SSSR count). The van der Waals surface area contributed by atoms with Crippen molar-refractivity contribution in [1.82, 2.24) is 0 Å². The van der Waals surface area contributed by atoms with Crippen LogP contribution in [0, 0.1) is 0 Å². The second-order valence-corrected chi connectivity index (χ2v) is 4.23. The molecule has 0 radical (unpaired) electrons. The summed E-state index contributed by atoms with van der Waals surface area (Å²) in [4.78, 5) is 35.0. The second kappa shape index (κ2) is 4.70. The van der Waals surface area contributed by atoms with Crippen LogP contribution >= 0.6 is 0 Å². The highest BCUT2D eigenvalue weighted by Gasteiger charge is 2.28. The topological polar surface area (TPSA) is 86.5 Å². The second-order valence-electron chi connectivity index (χ2n) is 4.23. The first kappa shape index (κ1) is 12.4. The van der Waals surface area contributed by atoms with Crippen LogP contribution in [0.2, 0.25) is 0 Å². The number of esters is 1. The Bertz CT molecular complexity index is 534. The van der Waals surface area contributed by atoms with Crippen molar-refractivity contribution in [2.24, 2.45) is 5.73 Å². The van der Waals surface area contributed by atoms with Crippen LogP contribution in [0.4, 0.5) is 0 Å². The van der Waals surface area contributed by atoms with E-state index in [1.807, 2.05) is 0 Å². The third-order valence-corrected chi connectivity index (χ3v) is 2.77. The number of hydrogen-bond donors (Lipinski definition) is 1. The van der Waals surface area contributed by atoms with Crippen molar-refractivity contribution < 1.29 is 19.1 Å². The average molecular weight is 247 g/mol. The van der Waals surface area contributed by atoms with Crippen LogP contribution in [-0.4, -0.2) is 23.6 Å². The van der Waals surface area contributed by atoms with Gasteiger partial charge in [0.1, 0.15) is 11.8 Å². The maximum Gasteiger partial charge on any atom is 0.328 e. The van der Waals surface area contributed by atoms with Crippen molar-refractivity contribution in [3.8, 4) is 5.75 Å². The number of ketones is 2. The van der Waals surface area contributed by atoms with Gasteiger partial charge in [-0.1, -0.05) is 12.1 Å². The highest BCUT2D eigenvalue weighted by Crippen LogP contribution is 2.29. The third-order valence-electron chi connectivity index (χ3n) is 2.77. The molecule has 1 aliphatic carbocycles. The smallest absolute Gasteiger partial charge is 0.328 e. The average Bonchev–Trinajstić information content (AvgIpc) is 2.34. The number of carbonyl (C=O) groups is 3. The van der Waals surface area contributed by atoms with E-state index in [2.05, 4.69) is 0 Å². The monoisotopic (exact) mass is 247 g/mol. The fourth-order valence-corrected chi connectivity index (χ4v) is 1.82. The lowest BCUT2D eigenvalue weighted by molar-refractivity contribution is -0.135. The first-order valence-corrected chi connectivity index (χ1v) is 5.67. The molecule has 1 aromatic rings. The fraction of sp³-hybridized carbons (Fsp3) is 0.308. The third kappa shape index (κ3) is 2.17. The van der Waals surface area contributed by atoms with Gasteiger partial charge in [0.25, 0.3) is 0 Å². The van der Waals surface area contributed by atoms with E-state index in [0.29, 0.717) is 5.56 Å². The van der Waals surface area contributed by atoms with Crippen LogP contribution in [0.15, 0.2) is 18.2 Å². The van der Waals surface area contributed by atoms with E-state index in [9.17, 15) is 14.4 Å². The molecule has 18 heavy (non-hydrogen) atoms. The number of benzene rings is 1. The van der Waals surface area contributed by atoms with Gasteiger partial charge in [-0.15, -0.1) is 0 Å². The molecule has 0 saturated carbocycles. The predicted octanol–water partition coefficient (Wildman–Crippen LogP) is 1.10. The van der Waals surface area contributed by atoms with Gasteiger partial charge in [-0.05, 0) is 13.0 Å². The van der Waals surface area contributed by atoms with Crippen molar-refractivity contribution in [2.75, 3.05) is 0 Å². The number of Topliss-reactive ketones (excluding diaryl/α,β-unsaturated/α-hetero) is 2. The predicted molar refractivity (Wildman–Crippen MR) is 63.6 cm³/mol. The maximum atomic E-state index is 11.8. The summed E-state index contributed by atoms with van der Waals surface area (Å²) in [6, 6.07) is 3.86. The maximum absolute atomic E-state index is 11.8. The summed E-state index contributed by atoms with van der Waals surface area (Å²) in [7, 11) is 0. The molecule has 1 aromatic carbocycles. The summed E-state index contributed by atoms with van der Waals surface area (Å²) in [6.45, 7) is 1.49. The molecule has 0 unspecified atom stereocenters. The fourth-order valence-electron chi connectivity index (χ4n) is 1.82. The largest absolute Gasteiger partial charge is 0.425 e. The van der Waals surface area contributed by atoms with E-state index in [-0.39, 0.29) is 35.7 Å². The zero-order valence-corrected chi connectivity index (χ0v) is 9.93. The number of hydrogen-bond acceptors (Lipinski definition) is 5. The van der Waals surface area contributed by atoms with E-state index in [0.717, 1.165) is 0 Å². The van der Waals surface area contributed by atoms with Crippen LogP contribution in [0.1, 0.15) is 40.5 Å². The van der Waals surface area contributed by atoms with Gasteiger partial charge in [0.2, 0.25) is 0 Å². The lowest BCUT2D eigenvalue weighted by atomic mass is 9.89. The summed E-state index contributed by atoms with van der Waals surface area (Å²) >= 11 is 0. The number of fused-ring (bicyclic) bond motifs is 1. The van der Waals surface area contributed by atoms with E-state index in [1.165, 1.54) is 13.0 Å². The van der Waals surface area contributed by atoms with E-state index >= 15 is 0 Å². The minimum atomic E-state index is -0.782. The van der Waals surface area contributed by atoms with Crippen molar-refractivity contribution >= 4 is 17.5 Å². The van der Waals surface area contributed by atoms with Gasteiger partial charge in [-0.25, -0.2) is 4.79 Å². The molecule has 0 bridgehead atoms. The number of nitrogens with two attached hydrogens (primary N) is 1. The highest BCUT2D eigenvalue weighted by molar-refractivity contribution is 6.15. The Morgan fingerprint density at radius 3 is 2.61 bits per heavy atom. The van der Waals surface area contributed by atoms with Gasteiger partial charge < -0.3 is 10.5 Å². The zero-order valence-electron chi connectivity index (χ0n) is 9.93. The normalized spacial score (nSPS) is 16.1. The summed E-state index contributed by atoms with van der Waals surface area (Å²) in [5.74, 6) is -0.803. The Kier molecular flexibility index (Phi) is 3.25. The quantitative estimate of drug-likeness (QED) is 0.624. The van der Waals surface area contributed by atoms with E-state index < -0.39 is 12.0 Å². The van der Waals surface area contributed by atoms with Crippen molar-refractivity contribution in [3.05, 3.63) is 29.3 Å². The molecule has 1 atom stereocenters. The summed E-state index contributed by atoms with van der Waals surface area (Å²) in [6.07, 6.45) is 0.356. The van der Waals surface area contributed by atoms with E-state index in [1.54, 1.807) is 12.1 Å². The molecule has 1 aliphatic rings. The Balaban J connectivity index is 2.44. The van der Waals surface area contributed by atoms with Crippen LogP contribution in [0.25, 0.3) is 0 Å². The molecule has 94 valence electrons. The van der Waals surface area contributed by atoms with Crippen LogP contribution in [0.5, 0.6) is 5.75 Å². The minimum absolute atomic E-state index is 0.108. The van der Waals surface area contributed by atoms with Crippen molar-refractivity contribution in [3.63, 3.8) is 0 Å². The Labute approximate surface area is 104 Å². The number of rotatable bonds is 2. The van der Waals surface area contributed by atoms with Crippen LogP contribution < -0.4 is 10.5 Å². The summed E-state index contributed by atoms with van der Waals surface area (Å²) in [5.41, 5.74) is 5.91. The van der Waals surface area contributed by atoms with Gasteiger partial charge >= 0.3 is 5.97 Å². The summed E-state index contributed by atoms with van der Waals surface area (Å²) in [5, 5.41) is 0. The molecule has 0 fully saturated rings. The molecule has 0 heterocycles. The van der Waals surface area contributed by atoms with Crippen LogP contribution in [0.3, 0.4) is 0 Å². The van der Waals surface area contributed by atoms with Gasteiger partial charge in [0, 0.05) is 18.4 Å². The Morgan fingerprint density at radius 1 is 1.28 bits per heavy atom. The van der Waals surface area contributed by atoms with Gasteiger partial charge in [0.15, 0.2) is 11.6 Å². The first-order chi connectivity index (χ1) is 8.50. The summed E-state index contributed by atoms with van der Waals surface area (Å²) < 4.78 is 5.06. The molecule has 5 heteroatoms. The highest BCUT2D eigenvalue weighted by atomic mass is 16.5. The molecule has 0 saturated heterocycles. The molecular formula is C13H13NO4. The molecular weight excluding hydrogens is 234 g/mol. The molecule has 0 amide bonds. The SMILES string of the molecule is C[C@H](N)C(=O)Oc1cccc2c1C(=O)CCC2=O. The number of ether oxygens (including phenoxy) is 1. The lowest BCUT2D eigenvalue weighted by Crippen LogP contribution is -2.31. The Morgan fingerprint density at radius 2 is 1.94 bits per heavy atom. The minimum Gasteiger partial charge on any atom is -0.425 e. The first-order valence-electron chi connectivity index (χ1n) is 5.67. The van der Waals surface area contributed by atoms with Gasteiger partial charge in [0.05, 0.1) is 5.56 Å². The lowest BCUT2D eigenvalue weighted by Gasteiger charge is -2.17. The standard InChI is InChI=1S/C13H13NO4/c1-7(14)13(17)18-11-4-2-3-8-9(15)5-6-10(16)12(8)11/h2-4,7H,5-6,14H2,1H3/t7-/m0/s1. The van der Waals surface area contributed by atoms with Crippen LogP contribution in [-0.2, 0) is 4.79 Å². The molecule has 5 nitrogen and oxygen atoms in total.